The number of ether oxygens (including phenoxy) is 1. The molecule has 0 saturated carbocycles. The Balaban J connectivity index is 1.52. The summed E-state index contributed by atoms with van der Waals surface area (Å²) in [6.07, 6.45) is 2.41. The summed E-state index contributed by atoms with van der Waals surface area (Å²) in [5.41, 5.74) is 2.48. The third-order valence-electron chi connectivity index (χ3n) is 6.37. The van der Waals surface area contributed by atoms with Crippen LogP contribution in [0.1, 0.15) is 38.3 Å². The zero-order valence-electron chi connectivity index (χ0n) is 21.1. The van der Waals surface area contributed by atoms with E-state index in [-0.39, 0.29) is 17.5 Å². The molecule has 1 fully saturated rings. The first kappa shape index (κ1) is 26.8. The van der Waals surface area contributed by atoms with Gasteiger partial charge in [0.05, 0.1) is 23.2 Å². The number of nitrogens with one attached hydrogen (secondary N) is 1. The van der Waals surface area contributed by atoms with E-state index in [1.807, 2.05) is 26.0 Å². The number of carbonyl (C=O) groups excluding carboxylic acids is 1. The molecule has 4 rings (SSSR count). The van der Waals surface area contributed by atoms with Crippen molar-refractivity contribution in [1.29, 1.82) is 0 Å². The molecule has 37 heavy (non-hydrogen) atoms. The molecule has 3 aromatic carbocycles. The highest BCUT2D eigenvalue weighted by Gasteiger charge is 2.28. The van der Waals surface area contributed by atoms with Gasteiger partial charge in [-0.05, 0) is 92.9 Å². The highest BCUT2D eigenvalue weighted by atomic mass is 35.5. The van der Waals surface area contributed by atoms with Gasteiger partial charge in [0.15, 0.2) is 0 Å². The first-order valence-electron chi connectivity index (χ1n) is 12.4. The minimum absolute atomic E-state index is 0.0455. The van der Waals surface area contributed by atoms with Crippen molar-refractivity contribution in [1.82, 2.24) is 5.32 Å². The third-order valence-corrected chi connectivity index (χ3v) is 8.41. The number of rotatable bonds is 10. The minimum Gasteiger partial charge on any atom is -0.494 e. The van der Waals surface area contributed by atoms with Crippen LogP contribution < -0.4 is 19.3 Å². The van der Waals surface area contributed by atoms with Crippen molar-refractivity contribution in [2.24, 2.45) is 0 Å². The maximum atomic E-state index is 13.6. The van der Waals surface area contributed by atoms with Crippen LogP contribution in [0.4, 0.5) is 11.4 Å². The van der Waals surface area contributed by atoms with Crippen molar-refractivity contribution in [3.8, 4) is 5.75 Å². The number of sulfonamides is 1. The highest BCUT2D eigenvalue weighted by Crippen LogP contribution is 2.27. The van der Waals surface area contributed by atoms with Gasteiger partial charge in [-0.15, -0.1) is 0 Å². The normalized spacial score (nSPS) is 14.3. The molecule has 0 radical (unpaired) electrons. The molecule has 1 N–H and O–H groups in total. The van der Waals surface area contributed by atoms with Crippen LogP contribution in [0, 0.1) is 0 Å². The van der Waals surface area contributed by atoms with Crippen molar-refractivity contribution in [3.05, 3.63) is 83.4 Å². The monoisotopic (exact) mass is 541 g/mol. The van der Waals surface area contributed by atoms with Crippen LogP contribution in [0.15, 0.2) is 77.7 Å². The zero-order valence-corrected chi connectivity index (χ0v) is 22.6. The molecule has 1 unspecified atom stereocenters. The number of anilines is 2. The summed E-state index contributed by atoms with van der Waals surface area (Å²) in [4.78, 5) is 15.5. The van der Waals surface area contributed by atoms with Crippen LogP contribution >= 0.6 is 11.6 Å². The van der Waals surface area contributed by atoms with Crippen molar-refractivity contribution < 1.29 is 17.9 Å². The molecule has 0 spiro atoms. The Morgan fingerprint density at radius 3 is 2.22 bits per heavy atom. The number of benzene rings is 3. The molecule has 1 amide bonds. The van der Waals surface area contributed by atoms with Gasteiger partial charge in [-0.25, -0.2) is 8.42 Å². The number of hydrogen-bond acceptors (Lipinski definition) is 5. The van der Waals surface area contributed by atoms with Gasteiger partial charge in [-0.1, -0.05) is 23.7 Å². The van der Waals surface area contributed by atoms with Crippen LogP contribution in [0.2, 0.25) is 5.02 Å². The Morgan fingerprint density at radius 1 is 1.00 bits per heavy atom. The number of amides is 1. The number of halogens is 1. The molecule has 1 saturated heterocycles. The molecule has 3 aromatic rings. The van der Waals surface area contributed by atoms with Gasteiger partial charge in [0.1, 0.15) is 12.3 Å². The Hall–Kier alpha value is -3.23. The molecule has 1 aliphatic heterocycles. The van der Waals surface area contributed by atoms with Crippen LogP contribution in [0.5, 0.6) is 5.75 Å². The van der Waals surface area contributed by atoms with E-state index >= 15 is 0 Å². The lowest BCUT2D eigenvalue weighted by molar-refractivity contribution is -0.120. The van der Waals surface area contributed by atoms with Gasteiger partial charge in [-0.2, -0.15) is 0 Å². The van der Waals surface area contributed by atoms with E-state index in [0.29, 0.717) is 23.1 Å². The Kier molecular flexibility index (Phi) is 8.61. The predicted octanol–water partition coefficient (Wildman–Crippen LogP) is 5.41. The first-order chi connectivity index (χ1) is 17.8. The molecular weight excluding hydrogens is 510 g/mol. The van der Waals surface area contributed by atoms with E-state index in [1.165, 1.54) is 42.8 Å². The zero-order chi connectivity index (χ0) is 26.4. The number of carbonyl (C=O) groups is 1. The minimum atomic E-state index is -4.04. The molecule has 9 heteroatoms. The van der Waals surface area contributed by atoms with E-state index in [1.54, 1.807) is 24.3 Å². The molecule has 1 heterocycles. The van der Waals surface area contributed by atoms with Crippen LogP contribution in [0.25, 0.3) is 0 Å². The molecule has 0 bridgehead atoms. The largest absolute Gasteiger partial charge is 0.494 e. The fourth-order valence-corrected chi connectivity index (χ4v) is 5.92. The SMILES string of the molecule is CCOc1ccc(N(CC(=O)NC(C)c2ccc(N3CCCC3)cc2)S(=O)(=O)c2ccc(Cl)cc2)cc1. The lowest BCUT2D eigenvalue weighted by Gasteiger charge is -2.25. The summed E-state index contributed by atoms with van der Waals surface area (Å²) in [5.74, 6) is 0.202. The van der Waals surface area contributed by atoms with E-state index in [2.05, 4.69) is 22.3 Å². The van der Waals surface area contributed by atoms with Gasteiger partial charge < -0.3 is 15.0 Å². The lowest BCUT2D eigenvalue weighted by Crippen LogP contribution is -2.41. The average molecular weight is 542 g/mol. The van der Waals surface area contributed by atoms with Gasteiger partial charge >= 0.3 is 0 Å². The summed E-state index contributed by atoms with van der Waals surface area (Å²) < 4.78 is 33.7. The molecule has 196 valence electrons. The lowest BCUT2D eigenvalue weighted by atomic mass is 10.1. The van der Waals surface area contributed by atoms with Gasteiger partial charge in [0.2, 0.25) is 5.91 Å². The van der Waals surface area contributed by atoms with Crippen molar-refractivity contribution in [3.63, 3.8) is 0 Å². The maximum absolute atomic E-state index is 13.6. The molecule has 0 aliphatic carbocycles. The molecule has 1 atom stereocenters. The van der Waals surface area contributed by atoms with Gasteiger partial charge in [0, 0.05) is 23.8 Å². The topological polar surface area (TPSA) is 79.0 Å². The third kappa shape index (κ3) is 6.56. The smallest absolute Gasteiger partial charge is 0.264 e. The summed E-state index contributed by atoms with van der Waals surface area (Å²) in [6.45, 7) is 6.00. The molecular formula is C28H32ClN3O4S. The summed E-state index contributed by atoms with van der Waals surface area (Å²) in [7, 11) is -4.04. The van der Waals surface area contributed by atoms with Crippen molar-refractivity contribution >= 4 is 38.9 Å². The van der Waals surface area contributed by atoms with Crippen LogP contribution in [-0.2, 0) is 14.8 Å². The second-order valence-corrected chi connectivity index (χ2v) is 11.3. The predicted molar refractivity (Wildman–Crippen MR) is 148 cm³/mol. The van der Waals surface area contributed by atoms with E-state index < -0.39 is 15.9 Å². The second-order valence-electron chi connectivity index (χ2n) is 8.97. The summed E-state index contributed by atoms with van der Waals surface area (Å²) >= 11 is 5.96. The van der Waals surface area contributed by atoms with E-state index in [9.17, 15) is 13.2 Å². The number of nitrogens with zero attached hydrogens (tertiary/aromatic N) is 2. The molecule has 7 nitrogen and oxygen atoms in total. The van der Waals surface area contributed by atoms with E-state index in [4.69, 9.17) is 16.3 Å². The molecule has 1 aliphatic rings. The van der Waals surface area contributed by atoms with Crippen LogP contribution in [0.3, 0.4) is 0 Å². The summed E-state index contributed by atoms with van der Waals surface area (Å²) in [6, 6.07) is 20.4. The van der Waals surface area contributed by atoms with Crippen LogP contribution in [-0.4, -0.2) is 40.6 Å². The first-order valence-corrected chi connectivity index (χ1v) is 14.2. The average Bonchev–Trinajstić information content (AvgIpc) is 3.43. The number of hydrogen-bond donors (Lipinski definition) is 1. The second kappa shape index (κ2) is 11.9. The highest BCUT2D eigenvalue weighted by molar-refractivity contribution is 7.92. The van der Waals surface area contributed by atoms with Gasteiger partial charge in [-0.3, -0.25) is 9.10 Å². The van der Waals surface area contributed by atoms with E-state index in [0.717, 1.165) is 23.0 Å². The van der Waals surface area contributed by atoms with Gasteiger partial charge in [0.25, 0.3) is 10.0 Å². The fourth-order valence-electron chi connectivity index (χ4n) is 4.37. The molecule has 0 aromatic heterocycles. The Morgan fingerprint density at radius 2 is 1.62 bits per heavy atom. The van der Waals surface area contributed by atoms with Crippen molar-refractivity contribution in [2.75, 3.05) is 35.4 Å². The van der Waals surface area contributed by atoms with Crippen molar-refractivity contribution in [2.45, 2.75) is 37.6 Å². The fraction of sp³-hybridized carbons (Fsp3) is 0.321. The maximum Gasteiger partial charge on any atom is 0.264 e. The Labute approximate surface area is 224 Å². The standard InChI is InChI=1S/C28H32ClN3O4S/c1-3-36-26-14-12-25(13-15-26)32(37(34,35)27-16-8-23(29)9-17-27)20-28(33)30-21(2)22-6-10-24(11-7-22)31-18-4-5-19-31/h6-17,21H,3-5,18-20H2,1-2H3,(H,30,33). The summed E-state index contributed by atoms with van der Waals surface area (Å²) in [5, 5.41) is 3.37. The quantitative estimate of drug-likeness (QED) is 0.371. The Bertz CT molecular complexity index is 1290.